The van der Waals surface area contributed by atoms with Gasteiger partial charge < -0.3 is 19.9 Å². The van der Waals surface area contributed by atoms with Crippen LogP contribution in [0.1, 0.15) is 25.5 Å². The lowest BCUT2D eigenvalue weighted by atomic mass is 10.3. The van der Waals surface area contributed by atoms with E-state index in [1.54, 1.807) is 0 Å². The number of para-hydroxylation sites is 1. The summed E-state index contributed by atoms with van der Waals surface area (Å²) in [6, 6.07) is 7.82. The zero-order valence-corrected chi connectivity index (χ0v) is 16.7. The highest BCUT2D eigenvalue weighted by Crippen LogP contribution is 2.24. The van der Waals surface area contributed by atoms with E-state index < -0.39 is 0 Å². The van der Waals surface area contributed by atoms with Gasteiger partial charge in [-0.2, -0.15) is 0 Å². The Kier molecular flexibility index (Phi) is 7.24. The number of nitrogens with one attached hydrogen (secondary N) is 2. The molecule has 136 valence electrons. The average Bonchev–Trinajstić information content (AvgIpc) is 2.91. The van der Waals surface area contributed by atoms with Gasteiger partial charge in [0.2, 0.25) is 0 Å². The Morgan fingerprint density at radius 1 is 1.32 bits per heavy atom. The topological polar surface area (TPSA) is 76.4 Å². The van der Waals surface area contributed by atoms with Gasteiger partial charge in [-0.3, -0.25) is 0 Å². The smallest absolute Gasteiger partial charge is 0.191 e. The van der Waals surface area contributed by atoms with E-state index in [0.717, 1.165) is 34.4 Å². The van der Waals surface area contributed by atoms with Gasteiger partial charge in [-0.25, -0.2) is 4.99 Å². The van der Waals surface area contributed by atoms with E-state index in [4.69, 9.17) is 4.74 Å². The Morgan fingerprint density at radius 2 is 2.08 bits per heavy atom. The van der Waals surface area contributed by atoms with Gasteiger partial charge in [0.15, 0.2) is 11.8 Å². The molecule has 1 heterocycles. The fraction of sp³-hybridized carbons (Fsp3) is 0.471. The maximum atomic E-state index is 5.94. The summed E-state index contributed by atoms with van der Waals surface area (Å²) < 4.78 is 8.82. The van der Waals surface area contributed by atoms with Crippen LogP contribution in [0.25, 0.3) is 0 Å². The number of rotatable bonds is 7. The van der Waals surface area contributed by atoms with Crippen LogP contribution in [0.3, 0.4) is 0 Å². The fourth-order valence-corrected chi connectivity index (χ4v) is 2.50. The largest absolute Gasteiger partial charge is 0.488 e. The number of hydrogen-bond donors (Lipinski definition) is 2. The molecule has 1 aromatic carbocycles. The second kappa shape index (κ2) is 9.41. The van der Waals surface area contributed by atoms with Crippen LogP contribution in [0.15, 0.2) is 33.7 Å². The molecule has 0 aliphatic rings. The van der Waals surface area contributed by atoms with E-state index in [1.165, 1.54) is 0 Å². The minimum absolute atomic E-state index is 0.0142. The summed E-state index contributed by atoms with van der Waals surface area (Å²) in [6.45, 7) is 7.84. The van der Waals surface area contributed by atoms with E-state index in [9.17, 15) is 0 Å². The first-order valence-corrected chi connectivity index (χ1v) is 9.08. The molecule has 2 rings (SSSR count). The monoisotopic (exact) mass is 408 g/mol. The first-order valence-electron chi connectivity index (χ1n) is 8.29. The summed E-state index contributed by atoms with van der Waals surface area (Å²) in [5.41, 5.74) is 0. The quantitative estimate of drug-likeness (QED) is 0.543. The third-order valence-electron chi connectivity index (χ3n) is 3.63. The number of aryl methyl sites for hydroxylation is 1. The van der Waals surface area contributed by atoms with Crippen LogP contribution in [0.2, 0.25) is 0 Å². The zero-order valence-electron chi connectivity index (χ0n) is 15.1. The molecule has 8 heteroatoms. The van der Waals surface area contributed by atoms with E-state index in [2.05, 4.69) is 41.8 Å². The average molecular weight is 409 g/mol. The first-order chi connectivity index (χ1) is 12.0. The van der Waals surface area contributed by atoms with Crippen LogP contribution in [0, 0.1) is 6.92 Å². The second-order valence-electron chi connectivity index (χ2n) is 5.66. The molecular weight excluding hydrogens is 384 g/mol. The number of benzene rings is 1. The number of ether oxygens (including phenoxy) is 1. The molecule has 2 N–H and O–H groups in total. The van der Waals surface area contributed by atoms with Gasteiger partial charge in [0.05, 0.1) is 11.0 Å². The number of hydrogen-bond acceptors (Lipinski definition) is 4. The van der Waals surface area contributed by atoms with E-state index in [-0.39, 0.29) is 6.10 Å². The lowest BCUT2D eigenvalue weighted by Crippen LogP contribution is -2.41. The van der Waals surface area contributed by atoms with Crippen LogP contribution in [0.4, 0.5) is 0 Å². The second-order valence-corrected chi connectivity index (χ2v) is 6.51. The third-order valence-corrected chi connectivity index (χ3v) is 4.28. The van der Waals surface area contributed by atoms with Gasteiger partial charge in [0.1, 0.15) is 24.2 Å². The molecule has 1 atom stereocenters. The van der Waals surface area contributed by atoms with Crippen LogP contribution in [0.5, 0.6) is 5.75 Å². The molecular formula is C17H25BrN6O. The summed E-state index contributed by atoms with van der Waals surface area (Å²) >= 11 is 3.49. The summed E-state index contributed by atoms with van der Waals surface area (Å²) in [7, 11) is 1.94. The van der Waals surface area contributed by atoms with Crippen molar-refractivity contribution in [2.75, 3.05) is 13.1 Å². The molecule has 25 heavy (non-hydrogen) atoms. The molecule has 1 aromatic heterocycles. The van der Waals surface area contributed by atoms with Crippen molar-refractivity contribution in [3.8, 4) is 5.75 Å². The Bertz CT molecular complexity index is 715. The van der Waals surface area contributed by atoms with Gasteiger partial charge in [-0.05, 0) is 48.8 Å². The van der Waals surface area contributed by atoms with E-state index >= 15 is 0 Å². The van der Waals surface area contributed by atoms with Crippen molar-refractivity contribution in [2.24, 2.45) is 12.0 Å². The summed E-state index contributed by atoms with van der Waals surface area (Å²) in [6.07, 6.45) is -0.0142. The van der Waals surface area contributed by atoms with Crippen molar-refractivity contribution in [1.29, 1.82) is 0 Å². The summed E-state index contributed by atoms with van der Waals surface area (Å²) in [4.78, 5) is 4.56. The molecule has 0 saturated heterocycles. The van der Waals surface area contributed by atoms with E-state index in [0.29, 0.717) is 13.1 Å². The molecule has 0 saturated carbocycles. The van der Waals surface area contributed by atoms with Gasteiger partial charge in [-0.1, -0.05) is 12.1 Å². The minimum Gasteiger partial charge on any atom is -0.488 e. The van der Waals surface area contributed by atoms with Crippen molar-refractivity contribution in [1.82, 2.24) is 25.4 Å². The molecule has 0 radical (unpaired) electrons. The van der Waals surface area contributed by atoms with Gasteiger partial charge in [0, 0.05) is 13.6 Å². The molecule has 0 amide bonds. The van der Waals surface area contributed by atoms with Crippen LogP contribution in [-0.4, -0.2) is 39.9 Å². The lowest BCUT2D eigenvalue weighted by Gasteiger charge is -2.18. The van der Waals surface area contributed by atoms with Crippen molar-refractivity contribution < 1.29 is 4.74 Å². The molecule has 7 nitrogen and oxygen atoms in total. The number of halogens is 1. The third kappa shape index (κ3) is 5.74. The highest BCUT2D eigenvalue weighted by Gasteiger charge is 2.09. The predicted octanol–water partition coefficient (Wildman–Crippen LogP) is 2.41. The lowest BCUT2D eigenvalue weighted by molar-refractivity contribution is 0.222. The molecule has 0 aliphatic heterocycles. The Balaban J connectivity index is 1.91. The number of nitrogens with zero attached hydrogens (tertiary/aromatic N) is 4. The number of aromatic nitrogens is 3. The highest BCUT2D eigenvalue weighted by molar-refractivity contribution is 9.10. The van der Waals surface area contributed by atoms with Gasteiger partial charge in [0.25, 0.3) is 0 Å². The predicted molar refractivity (Wildman–Crippen MR) is 103 cm³/mol. The minimum atomic E-state index is -0.0142. The van der Waals surface area contributed by atoms with Crippen molar-refractivity contribution in [3.05, 3.63) is 40.4 Å². The molecule has 0 bridgehead atoms. The Morgan fingerprint density at radius 3 is 2.72 bits per heavy atom. The SMILES string of the molecule is CCNC(=NCc1nnc(C)n1C)NCC(C)Oc1ccccc1Br. The fourth-order valence-electron chi connectivity index (χ4n) is 2.12. The van der Waals surface area contributed by atoms with Gasteiger partial charge >= 0.3 is 0 Å². The molecule has 0 fully saturated rings. The molecule has 1 unspecified atom stereocenters. The normalized spacial score (nSPS) is 12.8. The maximum absolute atomic E-state index is 5.94. The van der Waals surface area contributed by atoms with Crippen molar-refractivity contribution in [3.63, 3.8) is 0 Å². The molecule has 0 spiro atoms. The molecule has 2 aromatic rings. The van der Waals surface area contributed by atoms with Gasteiger partial charge in [-0.15, -0.1) is 10.2 Å². The first kappa shape index (κ1) is 19.2. The highest BCUT2D eigenvalue weighted by atomic mass is 79.9. The summed E-state index contributed by atoms with van der Waals surface area (Å²) in [5.74, 6) is 3.25. The van der Waals surface area contributed by atoms with Crippen LogP contribution < -0.4 is 15.4 Å². The maximum Gasteiger partial charge on any atom is 0.191 e. The van der Waals surface area contributed by atoms with E-state index in [1.807, 2.05) is 56.7 Å². The number of aliphatic imine (C=N–C) groups is 1. The van der Waals surface area contributed by atoms with Crippen LogP contribution >= 0.6 is 15.9 Å². The Labute approximate surface area is 157 Å². The zero-order chi connectivity index (χ0) is 18.2. The standard InChI is InChI=1S/C17H25BrN6O/c1-5-19-17(21-11-16-23-22-13(3)24(16)4)20-10-12(2)25-15-9-7-6-8-14(15)18/h6-9,12H,5,10-11H2,1-4H3,(H2,19,20,21). The Hall–Kier alpha value is -2.09. The summed E-state index contributed by atoms with van der Waals surface area (Å²) in [5, 5.41) is 14.7. The molecule has 0 aliphatic carbocycles. The van der Waals surface area contributed by atoms with Crippen molar-refractivity contribution in [2.45, 2.75) is 33.4 Å². The van der Waals surface area contributed by atoms with Crippen LogP contribution in [-0.2, 0) is 13.6 Å². The number of guanidine groups is 1. The van der Waals surface area contributed by atoms with Crippen molar-refractivity contribution >= 4 is 21.9 Å².